The predicted molar refractivity (Wildman–Crippen MR) is 110 cm³/mol. The number of amides is 1. The zero-order valence-corrected chi connectivity index (χ0v) is 16.4. The third kappa shape index (κ3) is 3.49. The summed E-state index contributed by atoms with van der Waals surface area (Å²) in [6.45, 7) is 3.82. The Balaban J connectivity index is 1.44. The van der Waals surface area contributed by atoms with Gasteiger partial charge in [0.1, 0.15) is 5.15 Å². The Morgan fingerprint density at radius 1 is 1.32 bits per heavy atom. The summed E-state index contributed by atoms with van der Waals surface area (Å²) in [5.41, 5.74) is 1.97. The van der Waals surface area contributed by atoms with Crippen LogP contribution in [0.25, 0.3) is 10.9 Å². The number of fused-ring (bicyclic) bond motifs is 1. The maximum Gasteiger partial charge on any atom is 0.258 e. The molecule has 8 heteroatoms. The van der Waals surface area contributed by atoms with Crippen molar-refractivity contribution in [3.05, 3.63) is 57.6 Å². The molecule has 7 nitrogen and oxygen atoms in total. The van der Waals surface area contributed by atoms with E-state index in [4.69, 9.17) is 11.6 Å². The van der Waals surface area contributed by atoms with Crippen LogP contribution < -0.4 is 10.9 Å². The average Bonchev–Trinajstić information content (AvgIpc) is 3.08. The second-order valence-electron chi connectivity index (χ2n) is 6.97. The molecule has 0 bridgehead atoms. The third-order valence-corrected chi connectivity index (χ3v) is 5.60. The van der Waals surface area contributed by atoms with E-state index in [-0.39, 0.29) is 17.5 Å². The number of nitrogens with zero attached hydrogens (tertiary/aromatic N) is 3. The number of piperidine rings is 1. The molecule has 28 heavy (non-hydrogen) atoms. The summed E-state index contributed by atoms with van der Waals surface area (Å²) < 4.78 is 1.61. The van der Waals surface area contributed by atoms with Gasteiger partial charge in [-0.2, -0.15) is 5.10 Å². The van der Waals surface area contributed by atoms with Gasteiger partial charge in [0.15, 0.2) is 0 Å². The van der Waals surface area contributed by atoms with E-state index in [9.17, 15) is 9.59 Å². The van der Waals surface area contributed by atoms with Crippen LogP contribution in [0.1, 0.15) is 30.1 Å². The number of aromatic nitrogens is 3. The van der Waals surface area contributed by atoms with Gasteiger partial charge in [0.25, 0.3) is 5.91 Å². The standard InChI is InChI=1S/C20H22ClN5O2/c1-2-26-19(21)15(12-22-26)20(28)25-9-7-13(8-10-25)23-17-11-18(27)24-16-6-4-3-5-14(16)17/h3-6,11-13H,2,7-10H2,1H3,(H2,23,24,27). The molecular formula is C20H22ClN5O2. The van der Waals surface area contributed by atoms with E-state index in [1.54, 1.807) is 16.9 Å². The summed E-state index contributed by atoms with van der Waals surface area (Å²) in [6, 6.07) is 9.52. The van der Waals surface area contributed by atoms with Gasteiger partial charge in [0.05, 0.1) is 17.3 Å². The topological polar surface area (TPSA) is 83.0 Å². The Hall–Kier alpha value is -2.80. The van der Waals surface area contributed by atoms with Crippen molar-refractivity contribution in [2.24, 2.45) is 0 Å². The first-order valence-electron chi connectivity index (χ1n) is 9.46. The Morgan fingerprint density at radius 2 is 2.07 bits per heavy atom. The first-order chi connectivity index (χ1) is 13.6. The Bertz CT molecular complexity index is 1070. The zero-order chi connectivity index (χ0) is 19.7. The third-order valence-electron chi connectivity index (χ3n) is 5.20. The minimum Gasteiger partial charge on any atom is -0.381 e. The van der Waals surface area contributed by atoms with E-state index in [0.29, 0.717) is 30.4 Å². The smallest absolute Gasteiger partial charge is 0.258 e. The molecule has 0 unspecified atom stereocenters. The fraction of sp³-hybridized carbons (Fsp3) is 0.350. The number of aryl methyl sites for hydroxylation is 1. The zero-order valence-electron chi connectivity index (χ0n) is 15.6. The Morgan fingerprint density at radius 3 is 2.79 bits per heavy atom. The lowest BCUT2D eigenvalue weighted by molar-refractivity contribution is 0.0718. The normalized spacial score (nSPS) is 15.1. The number of carbonyl (C=O) groups excluding carboxylic acids is 1. The van der Waals surface area contributed by atoms with Crippen molar-refractivity contribution >= 4 is 34.1 Å². The van der Waals surface area contributed by atoms with E-state index < -0.39 is 0 Å². The quantitative estimate of drug-likeness (QED) is 0.706. The van der Waals surface area contributed by atoms with Gasteiger partial charge in [0.2, 0.25) is 5.56 Å². The Labute approximate surface area is 167 Å². The van der Waals surface area contributed by atoms with Gasteiger partial charge in [0, 0.05) is 42.8 Å². The number of halogens is 1. The van der Waals surface area contributed by atoms with Crippen molar-refractivity contribution in [2.75, 3.05) is 18.4 Å². The summed E-state index contributed by atoms with van der Waals surface area (Å²) in [5, 5.41) is 9.02. The fourth-order valence-corrected chi connectivity index (χ4v) is 3.97. The van der Waals surface area contributed by atoms with Gasteiger partial charge < -0.3 is 15.2 Å². The fourth-order valence-electron chi connectivity index (χ4n) is 3.68. The van der Waals surface area contributed by atoms with Gasteiger partial charge in [-0.1, -0.05) is 29.8 Å². The highest BCUT2D eigenvalue weighted by Gasteiger charge is 2.26. The predicted octanol–water partition coefficient (Wildman–Crippen LogP) is 3.11. The number of H-pyrrole nitrogens is 1. The number of para-hydroxylation sites is 1. The largest absolute Gasteiger partial charge is 0.381 e. The summed E-state index contributed by atoms with van der Waals surface area (Å²) >= 11 is 6.25. The SMILES string of the molecule is CCn1ncc(C(=O)N2CCC(Nc3cc(=O)[nH]c4ccccc34)CC2)c1Cl. The molecule has 0 saturated carbocycles. The van der Waals surface area contributed by atoms with E-state index >= 15 is 0 Å². The highest BCUT2D eigenvalue weighted by Crippen LogP contribution is 2.24. The maximum atomic E-state index is 12.8. The molecule has 2 aromatic heterocycles. The number of nitrogens with one attached hydrogen (secondary N) is 2. The van der Waals surface area contributed by atoms with Gasteiger partial charge in [-0.05, 0) is 25.8 Å². The van der Waals surface area contributed by atoms with Crippen LogP contribution in [0.15, 0.2) is 41.3 Å². The molecule has 1 saturated heterocycles. The Kier molecular flexibility index (Phi) is 5.09. The number of carbonyl (C=O) groups is 1. The second-order valence-corrected chi connectivity index (χ2v) is 7.33. The van der Waals surface area contributed by atoms with Crippen LogP contribution in [0.5, 0.6) is 0 Å². The molecular weight excluding hydrogens is 378 g/mol. The number of aromatic amines is 1. The minimum atomic E-state index is -0.128. The summed E-state index contributed by atoms with van der Waals surface area (Å²) in [4.78, 5) is 29.4. The van der Waals surface area contributed by atoms with Crippen molar-refractivity contribution in [3.8, 4) is 0 Å². The minimum absolute atomic E-state index is 0.0789. The summed E-state index contributed by atoms with van der Waals surface area (Å²) in [7, 11) is 0. The van der Waals surface area contributed by atoms with Crippen LogP contribution in [0.2, 0.25) is 5.15 Å². The molecule has 0 atom stereocenters. The molecule has 1 aliphatic heterocycles. The summed E-state index contributed by atoms with van der Waals surface area (Å²) in [5.74, 6) is -0.0789. The van der Waals surface area contributed by atoms with Crippen molar-refractivity contribution in [2.45, 2.75) is 32.4 Å². The molecule has 0 radical (unpaired) electrons. The van der Waals surface area contributed by atoms with Crippen LogP contribution >= 0.6 is 11.6 Å². The van der Waals surface area contributed by atoms with Crippen LogP contribution in [0.4, 0.5) is 5.69 Å². The van der Waals surface area contributed by atoms with Crippen LogP contribution in [0, 0.1) is 0 Å². The number of hydrogen-bond donors (Lipinski definition) is 2. The van der Waals surface area contributed by atoms with Gasteiger partial charge >= 0.3 is 0 Å². The van der Waals surface area contributed by atoms with E-state index in [2.05, 4.69) is 15.4 Å². The second kappa shape index (κ2) is 7.67. The van der Waals surface area contributed by atoms with E-state index in [1.807, 2.05) is 36.1 Å². The van der Waals surface area contributed by atoms with Crippen molar-refractivity contribution in [3.63, 3.8) is 0 Å². The lowest BCUT2D eigenvalue weighted by Crippen LogP contribution is -2.42. The molecule has 4 rings (SSSR count). The molecule has 3 aromatic rings. The van der Waals surface area contributed by atoms with E-state index in [0.717, 1.165) is 29.4 Å². The number of rotatable bonds is 4. The van der Waals surface area contributed by atoms with Gasteiger partial charge in [-0.25, -0.2) is 0 Å². The highest BCUT2D eigenvalue weighted by molar-refractivity contribution is 6.32. The number of likely N-dealkylation sites (tertiary alicyclic amines) is 1. The van der Waals surface area contributed by atoms with Crippen molar-refractivity contribution in [1.82, 2.24) is 19.7 Å². The van der Waals surface area contributed by atoms with E-state index in [1.165, 1.54) is 0 Å². The molecule has 146 valence electrons. The number of anilines is 1. The van der Waals surface area contributed by atoms with Crippen molar-refractivity contribution < 1.29 is 4.79 Å². The van der Waals surface area contributed by atoms with Gasteiger partial charge in [-0.15, -0.1) is 0 Å². The molecule has 1 aliphatic rings. The van der Waals surface area contributed by atoms with Crippen LogP contribution in [0.3, 0.4) is 0 Å². The summed E-state index contributed by atoms with van der Waals surface area (Å²) in [6.07, 6.45) is 3.14. The first-order valence-corrected chi connectivity index (χ1v) is 9.83. The van der Waals surface area contributed by atoms with Crippen LogP contribution in [-0.2, 0) is 6.54 Å². The van der Waals surface area contributed by atoms with Gasteiger partial charge in [-0.3, -0.25) is 14.3 Å². The molecule has 0 aliphatic carbocycles. The number of hydrogen-bond acceptors (Lipinski definition) is 4. The molecule has 1 aromatic carbocycles. The number of benzene rings is 1. The monoisotopic (exact) mass is 399 g/mol. The van der Waals surface area contributed by atoms with Crippen LogP contribution in [-0.4, -0.2) is 44.7 Å². The lowest BCUT2D eigenvalue weighted by Gasteiger charge is -2.33. The molecule has 0 spiro atoms. The highest BCUT2D eigenvalue weighted by atomic mass is 35.5. The maximum absolute atomic E-state index is 12.8. The van der Waals surface area contributed by atoms with Crippen molar-refractivity contribution in [1.29, 1.82) is 0 Å². The molecule has 2 N–H and O–H groups in total. The molecule has 1 amide bonds. The molecule has 3 heterocycles. The average molecular weight is 400 g/mol. The number of pyridine rings is 1. The lowest BCUT2D eigenvalue weighted by atomic mass is 10.0. The first kappa shape index (κ1) is 18.6. The molecule has 1 fully saturated rings.